The molecule has 3 heterocycles. The molecule has 8 heteroatoms. The van der Waals surface area contributed by atoms with E-state index in [1.54, 1.807) is 12.4 Å². The molecule has 0 bridgehead atoms. The molecule has 0 spiro atoms. The summed E-state index contributed by atoms with van der Waals surface area (Å²) in [7, 11) is 0. The molecule has 0 unspecified atom stereocenters. The number of nitrogens with one attached hydrogen (secondary N) is 1. The maximum Gasteiger partial charge on any atom is 0.282 e. The quantitative estimate of drug-likeness (QED) is 0.662. The molecule has 0 aliphatic carbocycles. The molecule has 1 aliphatic heterocycles. The second-order valence-electron chi connectivity index (χ2n) is 7.06. The van der Waals surface area contributed by atoms with Crippen LogP contribution in [0, 0.1) is 0 Å². The minimum atomic E-state index is -2.72. The van der Waals surface area contributed by atoms with E-state index < -0.39 is 19.0 Å². The van der Waals surface area contributed by atoms with Crippen LogP contribution in [-0.4, -0.2) is 45.0 Å². The van der Waals surface area contributed by atoms with Crippen molar-refractivity contribution in [3.8, 4) is 17.1 Å². The van der Waals surface area contributed by atoms with Gasteiger partial charge in [-0.1, -0.05) is 24.3 Å². The van der Waals surface area contributed by atoms with Gasteiger partial charge in [0.15, 0.2) is 0 Å². The highest BCUT2D eigenvalue weighted by molar-refractivity contribution is 5.77. The Morgan fingerprint density at radius 3 is 2.69 bits per heavy atom. The van der Waals surface area contributed by atoms with Crippen molar-refractivity contribution in [2.45, 2.75) is 25.4 Å². The van der Waals surface area contributed by atoms with Crippen LogP contribution in [0.25, 0.3) is 11.4 Å². The van der Waals surface area contributed by atoms with Gasteiger partial charge in [-0.25, -0.2) is 8.78 Å². The van der Waals surface area contributed by atoms with Crippen molar-refractivity contribution < 1.29 is 18.3 Å². The Balaban J connectivity index is 1.28. The first-order valence-electron chi connectivity index (χ1n) is 9.31. The van der Waals surface area contributed by atoms with Gasteiger partial charge in [-0.15, -0.1) is 0 Å². The van der Waals surface area contributed by atoms with Crippen LogP contribution in [0.2, 0.25) is 0 Å². The first kappa shape index (κ1) is 19.0. The van der Waals surface area contributed by atoms with Gasteiger partial charge in [-0.3, -0.25) is 14.9 Å². The molecule has 1 aliphatic rings. The summed E-state index contributed by atoms with van der Waals surface area (Å²) in [6.07, 6.45) is 4.05. The Kier molecular flexibility index (Phi) is 5.24. The standard InChI is InChI=1S/C21H20F2N4O2/c22-21(23)13-27(14-21)20(28)7-4-15-2-1-3-16(10-15)12-29-17-5-6-18(24-11-17)19-8-9-25-26-19/h1-3,5-6,8-11H,4,7,12-14H2,(H,25,26). The van der Waals surface area contributed by atoms with Crippen LogP contribution in [0.3, 0.4) is 0 Å². The van der Waals surface area contributed by atoms with Gasteiger partial charge in [-0.05, 0) is 35.7 Å². The van der Waals surface area contributed by atoms with E-state index in [0.717, 1.165) is 22.5 Å². The number of H-pyrrole nitrogens is 1. The monoisotopic (exact) mass is 398 g/mol. The van der Waals surface area contributed by atoms with E-state index in [2.05, 4.69) is 15.2 Å². The molecular formula is C21H20F2N4O2. The summed E-state index contributed by atoms with van der Waals surface area (Å²) in [6.45, 7) is -0.564. The summed E-state index contributed by atoms with van der Waals surface area (Å²) in [4.78, 5) is 17.5. The minimum absolute atomic E-state index is 0.222. The molecule has 0 atom stereocenters. The van der Waals surface area contributed by atoms with Crippen LogP contribution in [0.1, 0.15) is 17.5 Å². The van der Waals surface area contributed by atoms with Gasteiger partial charge in [-0.2, -0.15) is 5.10 Å². The van der Waals surface area contributed by atoms with E-state index in [1.165, 1.54) is 4.90 Å². The molecule has 1 aromatic carbocycles. The Morgan fingerprint density at radius 1 is 1.17 bits per heavy atom. The van der Waals surface area contributed by atoms with Crippen LogP contribution < -0.4 is 4.74 Å². The maximum absolute atomic E-state index is 12.9. The third-order valence-electron chi connectivity index (χ3n) is 4.73. The lowest BCUT2D eigenvalue weighted by molar-refractivity contribution is -0.165. The normalized spacial score (nSPS) is 15.0. The Labute approximate surface area is 166 Å². The van der Waals surface area contributed by atoms with Crippen molar-refractivity contribution in [1.82, 2.24) is 20.1 Å². The lowest BCUT2D eigenvalue weighted by atomic mass is 10.0. The predicted octanol–water partition coefficient (Wildman–Crippen LogP) is 3.46. The number of hydrogen-bond acceptors (Lipinski definition) is 4. The number of hydrogen-bond donors (Lipinski definition) is 1. The Bertz CT molecular complexity index is 967. The van der Waals surface area contributed by atoms with Crippen LogP contribution in [0.15, 0.2) is 54.9 Å². The fraction of sp³-hybridized carbons (Fsp3) is 0.286. The van der Waals surface area contributed by atoms with Gasteiger partial charge in [0, 0.05) is 12.6 Å². The zero-order chi connectivity index (χ0) is 20.3. The fourth-order valence-corrected chi connectivity index (χ4v) is 3.16. The number of halogens is 2. The van der Waals surface area contributed by atoms with Crippen molar-refractivity contribution in [2.75, 3.05) is 13.1 Å². The van der Waals surface area contributed by atoms with Gasteiger partial charge in [0.25, 0.3) is 5.92 Å². The summed E-state index contributed by atoms with van der Waals surface area (Å²) in [5.74, 6) is -2.31. The minimum Gasteiger partial charge on any atom is -0.487 e. The van der Waals surface area contributed by atoms with Gasteiger partial charge >= 0.3 is 0 Å². The molecule has 3 aromatic rings. The molecule has 29 heavy (non-hydrogen) atoms. The average molecular weight is 398 g/mol. The highest BCUT2D eigenvalue weighted by Gasteiger charge is 2.45. The van der Waals surface area contributed by atoms with Crippen LogP contribution in [-0.2, 0) is 17.8 Å². The third-order valence-corrected chi connectivity index (χ3v) is 4.73. The van der Waals surface area contributed by atoms with Crippen LogP contribution in [0.4, 0.5) is 8.78 Å². The molecule has 2 aromatic heterocycles. The van der Waals surface area contributed by atoms with Crippen LogP contribution in [0.5, 0.6) is 5.75 Å². The number of amides is 1. The SMILES string of the molecule is O=C(CCc1cccc(COc2ccc(-c3ccn[nH]3)nc2)c1)N1CC(F)(F)C1. The second-order valence-corrected chi connectivity index (χ2v) is 7.06. The van der Waals surface area contributed by atoms with Crippen molar-refractivity contribution in [1.29, 1.82) is 0 Å². The van der Waals surface area contributed by atoms with Crippen molar-refractivity contribution in [3.05, 3.63) is 66.0 Å². The summed E-state index contributed by atoms with van der Waals surface area (Å²) >= 11 is 0. The number of nitrogens with zero attached hydrogens (tertiary/aromatic N) is 3. The molecule has 1 fully saturated rings. The van der Waals surface area contributed by atoms with E-state index in [-0.39, 0.29) is 12.3 Å². The molecule has 4 rings (SSSR count). The zero-order valence-electron chi connectivity index (χ0n) is 15.6. The van der Waals surface area contributed by atoms with Crippen molar-refractivity contribution in [3.63, 3.8) is 0 Å². The number of rotatable bonds is 7. The molecular weight excluding hydrogens is 378 g/mol. The summed E-state index contributed by atoms with van der Waals surface area (Å²) < 4.78 is 31.5. The highest BCUT2D eigenvalue weighted by Crippen LogP contribution is 2.27. The lowest BCUT2D eigenvalue weighted by Crippen LogP contribution is -2.58. The number of aromatic nitrogens is 3. The number of aryl methyl sites for hydroxylation is 1. The second kappa shape index (κ2) is 7.98. The number of alkyl halides is 2. The number of carbonyl (C=O) groups is 1. The largest absolute Gasteiger partial charge is 0.487 e. The van der Waals surface area contributed by atoms with Gasteiger partial charge in [0.1, 0.15) is 12.4 Å². The predicted molar refractivity (Wildman–Crippen MR) is 102 cm³/mol. The van der Waals surface area contributed by atoms with Gasteiger partial charge in [0.2, 0.25) is 5.91 Å². The Hall–Kier alpha value is -3.29. The molecule has 150 valence electrons. The first-order chi connectivity index (χ1) is 14.0. The van der Waals surface area contributed by atoms with E-state index in [4.69, 9.17) is 4.74 Å². The van der Waals surface area contributed by atoms with Gasteiger partial charge < -0.3 is 9.64 Å². The van der Waals surface area contributed by atoms with Crippen molar-refractivity contribution >= 4 is 5.91 Å². The first-order valence-corrected chi connectivity index (χ1v) is 9.31. The van der Waals surface area contributed by atoms with Crippen LogP contribution >= 0.6 is 0 Å². The summed E-state index contributed by atoms with van der Waals surface area (Å²) in [6, 6.07) is 13.3. The summed E-state index contributed by atoms with van der Waals surface area (Å²) in [5, 5.41) is 6.76. The number of carbonyl (C=O) groups excluding carboxylic acids is 1. The molecule has 0 saturated carbocycles. The van der Waals surface area contributed by atoms with Crippen molar-refractivity contribution in [2.24, 2.45) is 0 Å². The maximum atomic E-state index is 12.9. The lowest BCUT2D eigenvalue weighted by Gasteiger charge is -2.38. The topological polar surface area (TPSA) is 71.1 Å². The van der Waals surface area contributed by atoms with E-state index in [9.17, 15) is 13.6 Å². The smallest absolute Gasteiger partial charge is 0.282 e. The molecule has 1 saturated heterocycles. The molecule has 1 N–H and O–H groups in total. The number of benzene rings is 1. The van der Waals surface area contributed by atoms with E-state index >= 15 is 0 Å². The molecule has 6 nitrogen and oxygen atoms in total. The van der Waals surface area contributed by atoms with Gasteiger partial charge in [0.05, 0.1) is 30.7 Å². The number of ether oxygens (including phenoxy) is 1. The number of aromatic amines is 1. The average Bonchev–Trinajstić information content (AvgIpc) is 3.24. The van der Waals surface area contributed by atoms with E-state index in [1.807, 2.05) is 42.5 Å². The molecule has 0 radical (unpaired) electrons. The fourth-order valence-electron chi connectivity index (χ4n) is 3.16. The zero-order valence-corrected chi connectivity index (χ0v) is 15.6. The third kappa shape index (κ3) is 4.77. The summed E-state index contributed by atoms with van der Waals surface area (Å²) in [5.41, 5.74) is 3.55. The highest BCUT2D eigenvalue weighted by atomic mass is 19.3. The molecule has 1 amide bonds. The number of likely N-dealkylation sites (tertiary alicyclic amines) is 1. The van der Waals surface area contributed by atoms with E-state index in [0.29, 0.717) is 18.8 Å². The Morgan fingerprint density at radius 2 is 2.00 bits per heavy atom. The number of pyridine rings is 1.